The molecule has 0 radical (unpaired) electrons. The molecular weight excluding hydrogens is 598 g/mol. The summed E-state index contributed by atoms with van der Waals surface area (Å²) in [6.45, 7) is 6.54. The number of nitrogens with zero attached hydrogens (tertiary/aromatic N) is 4. The fourth-order valence-electron chi connectivity index (χ4n) is 8.17. The van der Waals surface area contributed by atoms with Crippen molar-refractivity contribution in [1.29, 1.82) is 0 Å². The Labute approximate surface area is 274 Å². The molecule has 1 saturated heterocycles. The standard InChI is InChI=1S/C36H49N5O4S/c1-38-17-9-20-40(23-22-39-18-7-8-19-39)46(43,44)37-36(42)29-14-15-30-32(24-29)41-25-27(16-21-38)26-45-33-13-6-5-12-31(33)35(41)34(30)28-10-3-2-4-11-28/h5-6,12-15,24,27-28H,2-4,7-11,16-23,25-26H2,1H3,(H,37,42)/t27-/m0/s1. The van der Waals surface area contributed by atoms with Crippen molar-refractivity contribution in [3.8, 4) is 17.0 Å². The molecule has 1 aliphatic carbocycles. The molecule has 9 nitrogen and oxygen atoms in total. The van der Waals surface area contributed by atoms with Crippen LogP contribution in [-0.4, -0.2) is 92.5 Å². The number of aromatic nitrogens is 1. The van der Waals surface area contributed by atoms with Crippen LogP contribution in [0.5, 0.6) is 5.75 Å². The summed E-state index contributed by atoms with van der Waals surface area (Å²) in [4.78, 5) is 18.4. The number of nitrogens with one attached hydrogen (secondary N) is 1. The van der Waals surface area contributed by atoms with Crippen molar-refractivity contribution in [2.24, 2.45) is 5.92 Å². The number of carbonyl (C=O) groups excluding carboxylic acids is 1. The number of benzene rings is 2. The van der Waals surface area contributed by atoms with Crippen LogP contribution in [0.1, 0.15) is 79.6 Å². The van der Waals surface area contributed by atoms with Crippen LogP contribution in [0.15, 0.2) is 42.5 Å². The number of para-hydroxylation sites is 1. The molecular formula is C36H49N5O4S. The minimum absolute atomic E-state index is 0.284. The zero-order valence-corrected chi connectivity index (χ0v) is 28.1. The zero-order chi connectivity index (χ0) is 31.7. The quantitative estimate of drug-likeness (QED) is 0.405. The number of likely N-dealkylation sites (tertiary alicyclic amines) is 1. The van der Waals surface area contributed by atoms with Crippen LogP contribution >= 0.6 is 0 Å². The summed E-state index contributed by atoms with van der Waals surface area (Å²) < 4.78 is 40.4. The lowest BCUT2D eigenvalue weighted by atomic mass is 9.81. The SMILES string of the molecule is CN1CCCN(CCN2CCCC2)S(=O)(=O)NC(=O)c2ccc3c(C4CCCCC4)c4n(c3c2)C[C@H](CC1)COc1ccccc1-4. The second-order valence-electron chi connectivity index (χ2n) is 13.9. The Morgan fingerprint density at radius 3 is 2.50 bits per heavy atom. The van der Waals surface area contributed by atoms with E-state index in [-0.39, 0.29) is 5.92 Å². The van der Waals surface area contributed by atoms with Crippen molar-refractivity contribution in [2.75, 3.05) is 59.5 Å². The van der Waals surface area contributed by atoms with Crippen LogP contribution in [0.3, 0.4) is 0 Å². The highest BCUT2D eigenvalue weighted by Gasteiger charge is 2.32. The number of ether oxygens (including phenoxy) is 1. The number of hydrogen-bond acceptors (Lipinski definition) is 6. The molecule has 1 saturated carbocycles. The lowest BCUT2D eigenvalue weighted by molar-refractivity contribution is 0.0978. The van der Waals surface area contributed by atoms with E-state index in [2.05, 4.69) is 50.4 Å². The van der Waals surface area contributed by atoms with Gasteiger partial charge in [-0.15, -0.1) is 0 Å². The highest BCUT2D eigenvalue weighted by molar-refractivity contribution is 7.87. The van der Waals surface area contributed by atoms with Gasteiger partial charge in [-0.3, -0.25) is 4.79 Å². The van der Waals surface area contributed by atoms with E-state index in [1.165, 1.54) is 40.2 Å². The number of hydrogen-bond donors (Lipinski definition) is 1. The van der Waals surface area contributed by atoms with Gasteiger partial charge in [-0.05, 0) is 107 Å². The van der Waals surface area contributed by atoms with Crippen molar-refractivity contribution in [3.63, 3.8) is 0 Å². The van der Waals surface area contributed by atoms with Gasteiger partial charge in [-0.2, -0.15) is 12.7 Å². The first kappa shape index (κ1) is 31.7. The van der Waals surface area contributed by atoms with Gasteiger partial charge in [0.2, 0.25) is 0 Å². The molecule has 10 heteroatoms. The minimum atomic E-state index is -4.02. The maximum atomic E-state index is 13.8. The van der Waals surface area contributed by atoms with E-state index in [1.807, 2.05) is 18.2 Å². The van der Waals surface area contributed by atoms with E-state index in [0.29, 0.717) is 44.1 Å². The van der Waals surface area contributed by atoms with Crippen LogP contribution in [0.4, 0.5) is 0 Å². The Hall–Kier alpha value is -2.92. The maximum absolute atomic E-state index is 13.8. The number of rotatable bonds is 4. The summed E-state index contributed by atoms with van der Waals surface area (Å²) >= 11 is 0. The van der Waals surface area contributed by atoms with Crippen LogP contribution in [-0.2, 0) is 16.8 Å². The van der Waals surface area contributed by atoms with E-state index in [0.717, 1.165) is 81.7 Å². The summed E-state index contributed by atoms with van der Waals surface area (Å²) in [6.07, 6.45) is 9.98. The Morgan fingerprint density at radius 1 is 0.870 bits per heavy atom. The normalized spacial score (nSPS) is 24.0. The second kappa shape index (κ2) is 13.7. The Kier molecular flexibility index (Phi) is 9.41. The van der Waals surface area contributed by atoms with Crippen LogP contribution in [0.2, 0.25) is 0 Å². The predicted molar refractivity (Wildman–Crippen MR) is 183 cm³/mol. The third-order valence-corrected chi connectivity index (χ3v) is 12.2. The summed E-state index contributed by atoms with van der Waals surface area (Å²) in [5, 5.41) is 1.17. The van der Waals surface area contributed by atoms with Crippen LogP contribution in [0.25, 0.3) is 22.2 Å². The molecule has 1 aromatic heterocycles. The highest BCUT2D eigenvalue weighted by atomic mass is 32.2. The molecule has 248 valence electrons. The van der Waals surface area contributed by atoms with Crippen molar-refractivity contribution < 1.29 is 17.9 Å². The molecule has 3 aliphatic heterocycles. The van der Waals surface area contributed by atoms with Gasteiger partial charge in [0.15, 0.2) is 0 Å². The van der Waals surface area contributed by atoms with Gasteiger partial charge >= 0.3 is 10.2 Å². The van der Waals surface area contributed by atoms with Crippen LogP contribution in [0, 0.1) is 5.92 Å². The van der Waals surface area contributed by atoms with Gasteiger partial charge in [0, 0.05) is 54.1 Å². The molecule has 3 aromatic rings. The Bertz CT molecular complexity index is 1660. The molecule has 0 unspecified atom stereocenters. The maximum Gasteiger partial charge on any atom is 0.304 e. The molecule has 46 heavy (non-hydrogen) atoms. The van der Waals surface area contributed by atoms with Gasteiger partial charge in [-0.25, -0.2) is 4.72 Å². The summed E-state index contributed by atoms with van der Waals surface area (Å²) in [5.41, 5.74) is 5.05. The van der Waals surface area contributed by atoms with Crippen LogP contribution < -0.4 is 9.46 Å². The fourth-order valence-corrected chi connectivity index (χ4v) is 9.34. The Morgan fingerprint density at radius 2 is 1.67 bits per heavy atom. The summed E-state index contributed by atoms with van der Waals surface area (Å²) in [6, 6.07) is 14.2. The van der Waals surface area contributed by atoms with E-state index in [9.17, 15) is 13.2 Å². The lowest BCUT2D eigenvalue weighted by Crippen LogP contribution is -2.47. The van der Waals surface area contributed by atoms with E-state index < -0.39 is 16.1 Å². The van der Waals surface area contributed by atoms with Gasteiger partial charge in [-0.1, -0.05) is 37.5 Å². The van der Waals surface area contributed by atoms with Gasteiger partial charge in [0.1, 0.15) is 5.75 Å². The molecule has 4 bridgehead atoms. The summed E-state index contributed by atoms with van der Waals surface area (Å²) in [7, 11) is -1.90. The molecule has 0 spiro atoms. The van der Waals surface area contributed by atoms with Crippen molar-refractivity contribution in [3.05, 3.63) is 53.6 Å². The number of amides is 1. The Balaban J connectivity index is 1.32. The molecule has 1 amide bonds. The summed E-state index contributed by atoms with van der Waals surface area (Å²) in [5.74, 6) is 1.06. The minimum Gasteiger partial charge on any atom is -0.493 e. The first-order valence-electron chi connectivity index (χ1n) is 17.5. The molecule has 2 aromatic carbocycles. The third kappa shape index (κ3) is 6.59. The van der Waals surface area contributed by atoms with E-state index >= 15 is 0 Å². The second-order valence-corrected chi connectivity index (χ2v) is 15.6. The average Bonchev–Trinajstić information content (AvgIpc) is 3.68. The molecule has 1 atom stereocenters. The van der Waals surface area contributed by atoms with Gasteiger partial charge < -0.3 is 19.1 Å². The van der Waals surface area contributed by atoms with Gasteiger partial charge in [0.05, 0.1) is 12.3 Å². The van der Waals surface area contributed by atoms with Crippen molar-refractivity contribution >= 4 is 27.0 Å². The highest BCUT2D eigenvalue weighted by Crippen LogP contribution is 2.47. The largest absolute Gasteiger partial charge is 0.493 e. The van der Waals surface area contributed by atoms with Gasteiger partial charge in [0.25, 0.3) is 5.91 Å². The average molecular weight is 648 g/mol. The molecule has 1 N–H and O–H groups in total. The smallest absolute Gasteiger partial charge is 0.304 e. The first-order valence-corrected chi connectivity index (χ1v) is 18.9. The monoisotopic (exact) mass is 647 g/mol. The van der Waals surface area contributed by atoms with E-state index in [4.69, 9.17) is 4.74 Å². The molecule has 4 aliphatic rings. The van der Waals surface area contributed by atoms with Crippen molar-refractivity contribution in [1.82, 2.24) is 23.4 Å². The number of carbonyl (C=O) groups is 1. The third-order valence-electron chi connectivity index (χ3n) is 10.7. The molecule has 4 heterocycles. The van der Waals surface area contributed by atoms with Crippen molar-refractivity contribution in [2.45, 2.75) is 70.3 Å². The molecule has 2 fully saturated rings. The fraction of sp³-hybridized carbons (Fsp3) is 0.583. The molecule has 7 rings (SSSR count). The lowest BCUT2D eigenvalue weighted by Gasteiger charge is -2.29. The number of fused-ring (bicyclic) bond motifs is 4. The predicted octanol–water partition coefficient (Wildman–Crippen LogP) is 5.46. The van der Waals surface area contributed by atoms with E-state index in [1.54, 1.807) is 0 Å². The topological polar surface area (TPSA) is 87.1 Å². The zero-order valence-electron chi connectivity index (χ0n) is 27.3. The first-order chi connectivity index (χ1) is 22.4.